The summed E-state index contributed by atoms with van der Waals surface area (Å²) in [5, 5.41) is 2.90. The SMILES string of the molecule is CCN(CC)c1ccc(NC(=O)[C@H](NS(=O)(=O)c2ccc3c(c2)CCN3C(C)=O)C(C)C)c(C)c1. The van der Waals surface area contributed by atoms with Gasteiger partial charge in [0.05, 0.1) is 4.90 Å². The molecule has 8 nitrogen and oxygen atoms in total. The first kappa shape index (κ1) is 26.7. The van der Waals surface area contributed by atoms with Crippen molar-refractivity contribution < 1.29 is 18.0 Å². The zero-order chi connectivity index (χ0) is 25.9. The van der Waals surface area contributed by atoms with Gasteiger partial charge in [0.2, 0.25) is 21.8 Å². The Morgan fingerprint density at radius 2 is 1.77 bits per heavy atom. The zero-order valence-corrected chi connectivity index (χ0v) is 22.2. The highest BCUT2D eigenvalue weighted by molar-refractivity contribution is 7.89. The van der Waals surface area contributed by atoms with E-state index in [4.69, 9.17) is 0 Å². The molecule has 0 aliphatic carbocycles. The van der Waals surface area contributed by atoms with E-state index in [1.54, 1.807) is 30.9 Å². The lowest BCUT2D eigenvalue weighted by molar-refractivity contribution is -0.118. The van der Waals surface area contributed by atoms with Crippen molar-refractivity contribution in [1.82, 2.24) is 4.72 Å². The number of benzene rings is 2. The maximum Gasteiger partial charge on any atom is 0.242 e. The quantitative estimate of drug-likeness (QED) is 0.547. The molecule has 0 aromatic heterocycles. The molecule has 3 rings (SSSR count). The Balaban J connectivity index is 1.79. The maximum absolute atomic E-state index is 13.2. The van der Waals surface area contributed by atoms with E-state index in [2.05, 4.69) is 28.8 Å². The van der Waals surface area contributed by atoms with Crippen LogP contribution < -0.4 is 19.8 Å². The second-order valence-electron chi connectivity index (χ2n) is 9.21. The van der Waals surface area contributed by atoms with Gasteiger partial charge in [-0.05, 0) is 80.6 Å². The highest BCUT2D eigenvalue weighted by atomic mass is 32.2. The molecule has 1 aliphatic heterocycles. The molecule has 2 N–H and O–H groups in total. The minimum atomic E-state index is -3.96. The molecule has 9 heteroatoms. The highest BCUT2D eigenvalue weighted by Crippen LogP contribution is 2.30. The largest absolute Gasteiger partial charge is 0.372 e. The summed E-state index contributed by atoms with van der Waals surface area (Å²) in [7, 11) is -3.96. The average Bonchev–Trinajstić information content (AvgIpc) is 3.23. The van der Waals surface area contributed by atoms with Gasteiger partial charge in [0, 0.05) is 43.6 Å². The normalized spacial score (nSPS) is 14.1. The first-order valence-corrected chi connectivity index (χ1v) is 13.6. The molecule has 0 saturated heterocycles. The number of nitrogens with zero attached hydrogens (tertiary/aromatic N) is 2. The molecule has 1 atom stereocenters. The number of rotatable bonds is 9. The summed E-state index contributed by atoms with van der Waals surface area (Å²) in [5.74, 6) is -0.761. The molecular weight excluding hydrogens is 464 g/mol. The van der Waals surface area contributed by atoms with Crippen molar-refractivity contribution in [3.63, 3.8) is 0 Å². The van der Waals surface area contributed by atoms with Crippen LogP contribution in [0.15, 0.2) is 41.3 Å². The number of hydrogen-bond donors (Lipinski definition) is 2. The van der Waals surface area contributed by atoms with Crippen LogP contribution in [0.2, 0.25) is 0 Å². The third-order valence-electron chi connectivity index (χ3n) is 6.46. The first-order chi connectivity index (χ1) is 16.5. The third kappa shape index (κ3) is 5.85. The molecule has 2 aromatic rings. The van der Waals surface area contributed by atoms with Crippen LogP contribution in [-0.4, -0.2) is 45.9 Å². The fourth-order valence-electron chi connectivity index (χ4n) is 4.38. The lowest BCUT2D eigenvalue weighted by atomic mass is 10.0. The molecule has 2 aromatic carbocycles. The van der Waals surface area contributed by atoms with E-state index in [0.29, 0.717) is 18.7 Å². The van der Waals surface area contributed by atoms with Crippen LogP contribution in [-0.2, 0) is 26.0 Å². The van der Waals surface area contributed by atoms with E-state index in [-0.39, 0.29) is 16.7 Å². The van der Waals surface area contributed by atoms with Crippen molar-refractivity contribution in [3.05, 3.63) is 47.5 Å². The molecule has 190 valence electrons. The Labute approximate surface area is 208 Å². The number of amides is 2. The van der Waals surface area contributed by atoms with Crippen LogP contribution in [0.4, 0.5) is 17.1 Å². The van der Waals surface area contributed by atoms with Crippen LogP contribution in [0.25, 0.3) is 0 Å². The summed E-state index contributed by atoms with van der Waals surface area (Å²) in [6.07, 6.45) is 0.592. The molecule has 0 spiro atoms. The van der Waals surface area contributed by atoms with Gasteiger partial charge >= 0.3 is 0 Å². The van der Waals surface area contributed by atoms with Gasteiger partial charge in [-0.2, -0.15) is 4.72 Å². The third-order valence-corrected chi connectivity index (χ3v) is 7.90. The van der Waals surface area contributed by atoms with Gasteiger partial charge < -0.3 is 15.1 Å². The van der Waals surface area contributed by atoms with Gasteiger partial charge in [-0.25, -0.2) is 8.42 Å². The van der Waals surface area contributed by atoms with Crippen molar-refractivity contribution in [2.45, 2.75) is 58.9 Å². The molecule has 2 amide bonds. The lowest BCUT2D eigenvalue weighted by Gasteiger charge is -2.24. The summed E-state index contributed by atoms with van der Waals surface area (Å²) in [6.45, 7) is 13.5. The maximum atomic E-state index is 13.2. The fourth-order valence-corrected chi connectivity index (χ4v) is 5.78. The summed E-state index contributed by atoms with van der Waals surface area (Å²) in [5.41, 5.74) is 4.17. The van der Waals surface area contributed by atoms with E-state index in [0.717, 1.165) is 35.6 Å². The van der Waals surface area contributed by atoms with E-state index in [1.807, 2.05) is 25.1 Å². The van der Waals surface area contributed by atoms with Crippen LogP contribution in [0, 0.1) is 12.8 Å². The molecule has 0 fully saturated rings. The van der Waals surface area contributed by atoms with Gasteiger partial charge in [-0.3, -0.25) is 9.59 Å². The Morgan fingerprint density at radius 1 is 1.09 bits per heavy atom. The van der Waals surface area contributed by atoms with E-state index < -0.39 is 22.0 Å². The number of hydrogen-bond acceptors (Lipinski definition) is 5. The van der Waals surface area contributed by atoms with Crippen molar-refractivity contribution in [2.75, 3.05) is 34.8 Å². The Hall–Kier alpha value is -2.91. The molecule has 0 bridgehead atoms. The molecule has 0 saturated carbocycles. The van der Waals surface area contributed by atoms with Crippen LogP contribution in [0.1, 0.15) is 45.7 Å². The minimum Gasteiger partial charge on any atom is -0.372 e. The minimum absolute atomic E-state index is 0.0746. The van der Waals surface area contributed by atoms with Gasteiger partial charge in [0.15, 0.2) is 0 Å². The lowest BCUT2D eigenvalue weighted by Crippen LogP contribution is -2.47. The average molecular weight is 501 g/mol. The predicted octanol–water partition coefficient (Wildman–Crippen LogP) is 3.69. The van der Waals surface area contributed by atoms with E-state index >= 15 is 0 Å². The van der Waals surface area contributed by atoms with Crippen molar-refractivity contribution in [2.24, 2.45) is 5.92 Å². The number of sulfonamides is 1. The molecule has 0 radical (unpaired) electrons. The van der Waals surface area contributed by atoms with Crippen molar-refractivity contribution in [3.8, 4) is 0 Å². The van der Waals surface area contributed by atoms with Crippen LogP contribution >= 0.6 is 0 Å². The first-order valence-electron chi connectivity index (χ1n) is 12.1. The number of nitrogens with one attached hydrogen (secondary N) is 2. The predicted molar refractivity (Wildman–Crippen MR) is 140 cm³/mol. The highest BCUT2D eigenvalue weighted by Gasteiger charge is 2.30. The van der Waals surface area contributed by atoms with Crippen molar-refractivity contribution >= 4 is 38.9 Å². The molecule has 1 heterocycles. The summed E-state index contributed by atoms with van der Waals surface area (Å²) in [4.78, 5) is 28.9. The van der Waals surface area contributed by atoms with Gasteiger partial charge in [-0.15, -0.1) is 0 Å². The molecule has 0 unspecified atom stereocenters. The number of anilines is 3. The van der Waals surface area contributed by atoms with Crippen LogP contribution in [0.3, 0.4) is 0 Å². The van der Waals surface area contributed by atoms with E-state index in [1.165, 1.54) is 13.0 Å². The number of fused-ring (bicyclic) bond motifs is 1. The number of carbonyl (C=O) groups is 2. The van der Waals surface area contributed by atoms with Crippen LogP contribution in [0.5, 0.6) is 0 Å². The molecular formula is C26H36N4O4S. The Kier molecular flexibility index (Phi) is 8.22. The Bertz CT molecular complexity index is 1210. The standard InChI is InChI=1S/C26H36N4O4S/c1-7-29(8-2)21-9-11-23(18(5)15-21)27-26(32)25(17(3)4)28-35(33,34)22-10-12-24-20(16-22)13-14-30(24)19(6)31/h9-12,15-17,25,28H,7-8,13-14H2,1-6H3,(H,27,32)/t25-/m1/s1. The van der Waals surface area contributed by atoms with E-state index in [9.17, 15) is 18.0 Å². The Morgan fingerprint density at radius 3 is 2.34 bits per heavy atom. The topological polar surface area (TPSA) is 98.8 Å². The van der Waals surface area contributed by atoms with Gasteiger partial charge in [-0.1, -0.05) is 13.8 Å². The summed E-state index contributed by atoms with van der Waals surface area (Å²) < 4.78 is 29.0. The second kappa shape index (κ2) is 10.8. The summed E-state index contributed by atoms with van der Waals surface area (Å²) in [6, 6.07) is 9.60. The fraction of sp³-hybridized carbons (Fsp3) is 0.462. The molecule has 35 heavy (non-hydrogen) atoms. The molecule has 1 aliphatic rings. The second-order valence-corrected chi connectivity index (χ2v) is 10.9. The zero-order valence-electron chi connectivity index (χ0n) is 21.4. The van der Waals surface area contributed by atoms with Crippen molar-refractivity contribution in [1.29, 1.82) is 0 Å². The smallest absolute Gasteiger partial charge is 0.242 e. The van der Waals surface area contributed by atoms with Gasteiger partial charge in [0.25, 0.3) is 0 Å². The number of aryl methyl sites for hydroxylation is 1. The van der Waals surface area contributed by atoms with Gasteiger partial charge in [0.1, 0.15) is 6.04 Å². The summed E-state index contributed by atoms with van der Waals surface area (Å²) >= 11 is 0. The monoisotopic (exact) mass is 500 g/mol. The number of carbonyl (C=O) groups excluding carboxylic acids is 2.